The third kappa shape index (κ3) is 4.15. The van der Waals surface area contributed by atoms with Crippen LogP contribution in [0.1, 0.15) is 31.2 Å². The van der Waals surface area contributed by atoms with Gasteiger partial charge in [-0.1, -0.05) is 15.9 Å². The molecule has 120 valence electrons. The van der Waals surface area contributed by atoms with Crippen LogP contribution in [-0.4, -0.2) is 16.9 Å². The van der Waals surface area contributed by atoms with Crippen LogP contribution in [0.4, 0.5) is 5.00 Å². The molecular weight excluding hydrogens is 398 g/mol. The Labute approximate surface area is 151 Å². The minimum Gasteiger partial charge on any atom is -0.365 e. The molecule has 2 amide bonds. The Morgan fingerprint density at radius 1 is 1.22 bits per heavy atom. The second-order valence-electron chi connectivity index (χ2n) is 4.77. The van der Waals surface area contributed by atoms with Gasteiger partial charge in [-0.2, -0.15) is 0 Å². The summed E-state index contributed by atoms with van der Waals surface area (Å²) in [4.78, 5) is 24.6. The molecule has 2 aromatic rings. The van der Waals surface area contributed by atoms with Crippen molar-refractivity contribution in [3.8, 4) is 0 Å². The van der Waals surface area contributed by atoms with E-state index in [-0.39, 0.29) is 11.0 Å². The summed E-state index contributed by atoms with van der Waals surface area (Å²) < 4.78 is 0.880. The van der Waals surface area contributed by atoms with Crippen molar-refractivity contribution < 1.29 is 9.59 Å². The van der Waals surface area contributed by atoms with E-state index in [0.29, 0.717) is 16.1 Å². The third-order valence-electron chi connectivity index (χ3n) is 3.19. The van der Waals surface area contributed by atoms with Crippen molar-refractivity contribution in [1.82, 2.24) is 5.32 Å². The van der Waals surface area contributed by atoms with E-state index in [2.05, 4.69) is 26.6 Å². The molecule has 4 N–H and O–H groups in total. The number of halogens is 1. The largest absolute Gasteiger partial charge is 0.365 e. The normalized spacial score (nSPS) is 10.2. The Bertz CT molecular complexity index is 785. The number of rotatable bonds is 3. The van der Waals surface area contributed by atoms with Gasteiger partial charge in [-0.05, 0) is 55.9 Å². The zero-order chi connectivity index (χ0) is 17.1. The first-order chi connectivity index (χ1) is 10.8. The molecule has 1 aromatic heterocycles. The van der Waals surface area contributed by atoms with E-state index in [1.54, 1.807) is 24.3 Å². The number of hydrogen-bond acceptors (Lipinski definition) is 4. The molecule has 23 heavy (non-hydrogen) atoms. The van der Waals surface area contributed by atoms with Crippen molar-refractivity contribution in [3.05, 3.63) is 50.3 Å². The predicted octanol–water partition coefficient (Wildman–Crippen LogP) is 3.35. The molecule has 1 aromatic carbocycles. The van der Waals surface area contributed by atoms with Gasteiger partial charge in [0.15, 0.2) is 5.11 Å². The fraction of sp³-hybridized carbons (Fsp3) is 0.133. The summed E-state index contributed by atoms with van der Waals surface area (Å²) in [6, 6.07) is 6.89. The van der Waals surface area contributed by atoms with Gasteiger partial charge in [0.1, 0.15) is 5.00 Å². The number of carbonyl (C=O) groups excluding carboxylic acids is 2. The lowest BCUT2D eigenvalue weighted by Gasteiger charge is -2.09. The average molecular weight is 412 g/mol. The Morgan fingerprint density at radius 3 is 2.39 bits per heavy atom. The molecule has 0 saturated heterocycles. The van der Waals surface area contributed by atoms with Gasteiger partial charge in [0.05, 0.1) is 5.56 Å². The molecule has 0 radical (unpaired) electrons. The number of primary amides is 1. The molecule has 1 heterocycles. The van der Waals surface area contributed by atoms with Crippen LogP contribution in [0.25, 0.3) is 0 Å². The van der Waals surface area contributed by atoms with Crippen LogP contribution >= 0.6 is 39.5 Å². The zero-order valence-corrected chi connectivity index (χ0v) is 15.6. The van der Waals surface area contributed by atoms with E-state index >= 15 is 0 Å². The molecule has 0 spiro atoms. The maximum Gasteiger partial charge on any atom is 0.257 e. The first-order valence-electron chi connectivity index (χ1n) is 6.57. The van der Waals surface area contributed by atoms with Crippen LogP contribution in [0.15, 0.2) is 28.7 Å². The number of amides is 2. The lowest BCUT2D eigenvalue weighted by molar-refractivity contribution is 0.0975. The van der Waals surface area contributed by atoms with Gasteiger partial charge in [-0.3, -0.25) is 14.9 Å². The minimum atomic E-state index is -0.531. The highest BCUT2D eigenvalue weighted by Gasteiger charge is 2.18. The molecule has 0 aliphatic heterocycles. The first-order valence-corrected chi connectivity index (χ1v) is 8.59. The van der Waals surface area contributed by atoms with Crippen molar-refractivity contribution in [2.24, 2.45) is 5.73 Å². The average Bonchev–Trinajstić information content (AvgIpc) is 2.74. The van der Waals surface area contributed by atoms with Crippen LogP contribution in [0, 0.1) is 13.8 Å². The van der Waals surface area contributed by atoms with Crippen LogP contribution in [0.3, 0.4) is 0 Å². The minimum absolute atomic E-state index is 0.113. The van der Waals surface area contributed by atoms with Gasteiger partial charge in [0, 0.05) is 14.9 Å². The molecule has 0 atom stereocenters. The zero-order valence-electron chi connectivity index (χ0n) is 12.4. The summed E-state index contributed by atoms with van der Waals surface area (Å²) in [5.41, 5.74) is 7.09. The lowest BCUT2D eigenvalue weighted by Crippen LogP contribution is -2.34. The molecule has 0 unspecified atom stereocenters. The second-order valence-corrected chi connectivity index (χ2v) is 7.32. The SMILES string of the molecule is Cc1sc(NC(=S)NC(=O)c2ccc(Br)cc2)c(C(N)=O)c1C. The molecule has 0 aliphatic carbocycles. The van der Waals surface area contributed by atoms with E-state index in [1.165, 1.54) is 11.3 Å². The Hall–Kier alpha value is -1.77. The van der Waals surface area contributed by atoms with E-state index < -0.39 is 5.91 Å². The van der Waals surface area contributed by atoms with Gasteiger partial charge in [-0.15, -0.1) is 11.3 Å². The number of anilines is 1. The van der Waals surface area contributed by atoms with E-state index in [0.717, 1.165) is 14.9 Å². The van der Waals surface area contributed by atoms with Crippen LogP contribution in [0.2, 0.25) is 0 Å². The van der Waals surface area contributed by atoms with Gasteiger partial charge in [-0.25, -0.2) is 0 Å². The van der Waals surface area contributed by atoms with Gasteiger partial charge in [0.2, 0.25) is 0 Å². The van der Waals surface area contributed by atoms with E-state index in [9.17, 15) is 9.59 Å². The van der Waals surface area contributed by atoms with Crippen molar-refractivity contribution in [3.63, 3.8) is 0 Å². The number of aryl methyl sites for hydroxylation is 1. The second kappa shape index (κ2) is 7.20. The van der Waals surface area contributed by atoms with E-state index in [4.69, 9.17) is 18.0 Å². The molecule has 0 aliphatic rings. The number of hydrogen-bond donors (Lipinski definition) is 3. The smallest absolute Gasteiger partial charge is 0.257 e. The highest BCUT2D eigenvalue weighted by Crippen LogP contribution is 2.31. The van der Waals surface area contributed by atoms with Crippen LogP contribution in [-0.2, 0) is 0 Å². The summed E-state index contributed by atoms with van der Waals surface area (Å²) in [6.07, 6.45) is 0. The number of thiocarbonyl (C=S) groups is 1. The maximum atomic E-state index is 12.1. The summed E-state index contributed by atoms with van der Waals surface area (Å²) >= 11 is 9.81. The van der Waals surface area contributed by atoms with Crippen molar-refractivity contribution in [1.29, 1.82) is 0 Å². The van der Waals surface area contributed by atoms with Crippen LogP contribution in [0.5, 0.6) is 0 Å². The Balaban J connectivity index is 2.11. The van der Waals surface area contributed by atoms with Crippen LogP contribution < -0.4 is 16.4 Å². The molecule has 2 rings (SSSR count). The summed E-state index contributed by atoms with van der Waals surface area (Å²) in [5.74, 6) is -0.864. The number of nitrogens with two attached hydrogens (primary N) is 1. The summed E-state index contributed by atoms with van der Waals surface area (Å²) in [6.45, 7) is 3.71. The summed E-state index contributed by atoms with van der Waals surface area (Å²) in [5, 5.41) is 6.10. The van der Waals surface area contributed by atoms with Gasteiger partial charge in [0.25, 0.3) is 11.8 Å². The Kier molecular flexibility index (Phi) is 5.51. The molecule has 0 bridgehead atoms. The van der Waals surface area contributed by atoms with E-state index in [1.807, 2.05) is 13.8 Å². The van der Waals surface area contributed by atoms with Gasteiger partial charge >= 0.3 is 0 Å². The number of benzene rings is 1. The molecule has 0 fully saturated rings. The molecular formula is C15H14BrN3O2S2. The fourth-order valence-corrected chi connectivity index (χ4v) is 3.52. The lowest BCUT2D eigenvalue weighted by atomic mass is 10.1. The maximum absolute atomic E-state index is 12.1. The third-order valence-corrected chi connectivity index (χ3v) is 5.05. The standard InChI is InChI=1S/C15H14BrN3O2S2/c1-7-8(2)23-14(11(7)12(17)20)19-15(22)18-13(21)9-3-5-10(16)6-4-9/h3-6H,1-2H3,(H2,17,20)(H2,18,19,21,22). The first kappa shape index (κ1) is 17.6. The van der Waals surface area contributed by atoms with Crippen molar-refractivity contribution in [2.75, 3.05) is 5.32 Å². The monoisotopic (exact) mass is 411 g/mol. The molecule has 8 heteroatoms. The van der Waals surface area contributed by atoms with Gasteiger partial charge < -0.3 is 11.1 Å². The number of thiophene rings is 1. The topological polar surface area (TPSA) is 84.2 Å². The molecule has 5 nitrogen and oxygen atoms in total. The van der Waals surface area contributed by atoms with Crippen molar-refractivity contribution >= 4 is 61.4 Å². The van der Waals surface area contributed by atoms with Crippen molar-refractivity contribution in [2.45, 2.75) is 13.8 Å². The Morgan fingerprint density at radius 2 is 1.83 bits per heavy atom. The fourth-order valence-electron chi connectivity index (χ4n) is 1.92. The highest BCUT2D eigenvalue weighted by molar-refractivity contribution is 9.10. The highest BCUT2D eigenvalue weighted by atomic mass is 79.9. The molecule has 0 saturated carbocycles. The number of carbonyl (C=O) groups is 2. The summed E-state index contributed by atoms with van der Waals surface area (Å²) in [7, 11) is 0. The quantitative estimate of drug-likeness (QED) is 0.676. The number of nitrogens with one attached hydrogen (secondary N) is 2. The predicted molar refractivity (Wildman–Crippen MR) is 100 cm³/mol.